The van der Waals surface area contributed by atoms with Crippen LogP contribution < -0.4 is 10.8 Å². The van der Waals surface area contributed by atoms with Gasteiger partial charge in [-0.05, 0) is 42.5 Å². The van der Waals surface area contributed by atoms with Crippen LogP contribution in [0.15, 0.2) is 48.7 Å². The van der Waals surface area contributed by atoms with Crippen molar-refractivity contribution in [2.45, 2.75) is 25.4 Å². The number of pyridine rings is 1. The van der Waals surface area contributed by atoms with E-state index >= 15 is 0 Å². The second-order valence-corrected chi connectivity index (χ2v) is 7.99. The van der Waals surface area contributed by atoms with Crippen molar-refractivity contribution >= 4 is 34.9 Å². The van der Waals surface area contributed by atoms with E-state index in [9.17, 15) is 10.0 Å². The van der Waals surface area contributed by atoms with Crippen LogP contribution in [0.4, 0.5) is 10.9 Å². The number of nitriles is 1. The molecule has 7 nitrogen and oxygen atoms in total. The molecule has 0 unspecified atom stereocenters. The summed E-state index contributed by atoms with van der Waals surface area (Å²) in [6.07, 6.45) is 3.70. The number of rotatable bonds is 6. The van der Waals surface area contributed by atoms with Gasteiger partial charge < -0.3 is 15.4 Å². The minimum Gasteiger partial charge on any atom is -0.423 e. The summed E-state index contributed by atoms with van der Waals surface area (Å²) >= 11 is 1.30. The number of benzene rings is 1. The largest absolute Gasteiger partial charge is 0.488 e. The molecule has 0 amide bonds. The van der Waals surface area contributed by atoms with E-state index in [4.69, 9.17) is 10.2 Å². The minimum atomic E-state index is -1.44. The first kappa shape index (κ1) is 19.5. The molecule has 0 radical (unpaired) electrons. The molecule has 29 heavy (non-hydrogen) atoms. The molecule has 0 saturated carbocycles. The van der Waals surface area contributed by atoms with Gasteiger partial charge in [0.2, 0.25) is 0 Å². The summed E-state index contributed by atoms with van der Waals surface area (Å²) in [5, 5.41) is 31.3. The number of nitrogens with zero attached hydrogens (tertiary/aromatic N) is 4. The summed E-state index contributed by atoms with van der Waals surface area (Å²) in [7, 11) is -1.44. The van der Waals surface area contributed by atoms with Crippen molar-refractivity contribution in [1.82, 2.24) is 14.9 Å². The molecule has 3 aromatic rings. The fraction of sp³-hybridized carbons (Fsp3) is 0.250. The van der Waals surface area contributed by atoms with E-state index in [1.54, 1.807) is 18.3 Å². The third kappa shape index (κ3) is 4.63. The van der Waals surface area contributed by atoms with Crippen molar-refractivity contribution in [3.8, 4) is 6.07 Å². The lowest BCUT2D eigenvalue weighted by molar-refractivity contribution is 0.244. The number of nitrogens with one attached hydrogen (secondary N) is 1. The third-order valence-electron chi connectivity index (χ3n) is 4.99. The zero-order valence-corrected chi connectivity index (χ0v) is 16.5. The standard InChI is InChI=1S/C20H20BN5O2S/c22-11-16-12-23-20(29-16)25-19-5-1-3-17(24-19)18-4-2-10-26(18)13-14-6-8-15(9-7-14)21(27)28/h1,3,5-9,12,18,27-28H,2,4,10,13H2,(H,23,24,25)/t18-/m1/s1. The predicted molar refractivity (Wildman–Crippen MR) is 113 cm³/mol. The van der Waals surface area contributed by atoms with Gasteiger partial charge in [0.1, 0.15) is 16.8 Å². The van der Waals surface area contributed by atoms with E-state index in [0.717, 1.165) is 43.0 Å². The van der Waals surface area contributed by atoms with Crippen LogP contribution in [0.3, 0.4) is 0 Å². The Morgan fingerprint density at radius 2 is 2.07 bits per heavy atom. The van der Waals surface area contributed by atoms with E-state index in [1.807, 2.05) is 30.3 Å². The zero-order valence-electron chi connectivity index (χ0n) is 15.7. The first-order valence-corrected chi connectivity index (χ1v) is 10.2. The Labute approximate surface area is 173 Å². The molecule has 4 rings (SSSR count). The first-order valence-electron chi connectivity index (χ1n) is 9.41. The topological polar surface area (TPSA) is 105 Å². The van der Waals surface area contributed by atoms with Crippen LogP contribution in [-0.4, -0.2) is 38.6 Å². The normalized spacial score (nSPS) is 16.5. The van der Waals surface area contributed by atoms with E-state index < -0.39 is 7.12 Å². The number of likely N-dealkylation sites (tertiary alicyclic amines) is 1. The van der Waals surface area contributed by atoms with E-state index in [0.29, 0.717) is 15.5 Å². The maximum absolute atomic E-state index is 9.25. The molecule has 1 aliphatic heterocycles. The van der Waals surface area contributed by atoms with Crippen molar-refractivity contribution in [3.05, 3.63) is 64.8 Å². The van der Waals surface area contributed by atoms with Crippen LogP contribution in [0.2, 0.25) is 0 Å². The van der Waals surface area contributed by atoms with Gasteiger partial charge in [-0.25, -0.2) is 9.97 Å². The van der Waals surface area contributed by atoms with Crippen LogP contribution in [0.25, 0.3) is 0 Å². The average molecular weight is 405 g/mol. The number of hydrogen-bond acceptors (Lipinski definition) is 8. The lowest BCUT2D eigenvalue weighted by atomic mass is 9.80. The molecule has 3 N–H and O–H groups in total. The SMILES string of the molecule is N#Cc1cnc(Nc2cccc([C@H]3CCCN3Cc3ccc(B(O)O)cc3)n2)s1. The molecule has 1 saturated heterocycles. The van der Waals surface area contributed by atoms with Gasteiger partial charge in [0.15, 0.2) is 5.13 Å². The summed E-state index contributed by atoms with van der Waals surface area (Å²) in [6.45, 7) is 1.77. The van der Waals surface area contributed by atoms with E-state index in [-0.39, 0.29) is 6.04 Å². The summed E-state index contributed by atoms with van der Waals surface area (Å²) in [6, 6.07) is 15.6. The maximum atomic E-state index is 9.25. The second-order valence-electron chi connectivity index (χ2n) is 6.96. The minimum absolute atomic E-state index is 0.228. The highest BCUT2D eigenvalue weighted by Crippen LogP contribution is 2.33. The third-order valence-corrected chi connectivity index (χ3v) is 5.81. The molecule has 0 spiro atoms. The Morgan fingerprint density at radius 3 is 2.79 bits per heavy atom. The van der Waals surface area contributed by atoms with Gasteiger partial charge in [0.25, 0.3) is 0 Å². The molecule has 1 aliphatic rings. The van der Waals surface area contributed by atoms with Crippen LogP contribution in [0.1, 0.15) is 35.0 Å². The smallest absolute Gasteiger partial charge is 0.423 e. The van der Waals surface area contributed by atoms with Gasteiger partial charge in [0, 0.05) is 6.54 Å². The molecule has 3 heterocycles. The molecule has 1 atom stereocenters. The maximum Gasteiger partial charge on any atom is 0.488 e. The Balaban J connectivity index is 1.47. The van der Waals surface area contributed by atoms with Crippen LogP contribution >= 0.6 is 11.3 Å². The zero-order chi connectivity index (χ0) is 20.2. The highest BCUT2D eigenvalue weighted by molar-refractivity contribution is 7.16. The summed E-state index contributed by atoms with van der Waals surface area (Å²) in [4.78, 5) is 11.9. The van der Waals surface area contributed by atoms with Crippen molar-refractivity contribution in [1.29, 1.82) is 5.26 Å². The van der Waals surface area contributed by atoms with Crippen LogP contribution in [0.5, 0.6) is 0 Å². The molecule has 9 heteroatoms. The predicted octanol–water partition coefficient (Wildman–Crippen LogP) is 2.17. The molecule has 1 fully saturated rings. The fourth-order valence-corrected chi connectivity index (χ4v) is 4.20. The first-order chi connectivity index (χ1) is 14.1. The molecule has 146 valence electrons. The average Bonchev–Trinajstić information content (AvgIpc) is 3.38. The number of anilines is 2. The molecule has 0 aliphatic carbocycles. The van der Waals surface area contributed by atoms with Gasteiger partial charge in [0.05, 0.1) is 17.9 Å². The lowest BCUT2D eigenvalue weighted by Crippen LogP contribution is -2.30. The van der Waals surface area contributed by atoms with E-state index in [2.05, 4.69) is 21.3 Å². The Morgan fingerprint density at radius 1 is 1.24 bits per heavy atom. The fourth-order valence-electron chi connectivity index (χ4n) is 3.58. The number of aromatic nitrogens is 2. The number of hydrogen-bond donors (Lipinski definition) is 3. The summed E-state index contributed by atoms with van der Waals surface area (Å²) in [5.41, 5.74) is 2.63. The Hall–Kier alpha value is -2.77. The van der Waals surface area contributed by atoms with Crippen molar-refractivity contribution in [2.75, 3.05) is 11.9 Å². The van der Waals surface area contributed by atoms with Crippen molar-refractivity contribution in [2.24, 2.45) is 0 Å². The van der Waals surface area contributed by atoms with Crippen molar-refractivity contribution in [3.63, 3.8) is 0 Å². The van der Waals surface area contributed by atoms with Crippen LogP contribution in [-0.2, 0) is 6.54 Å². The number of thiazole rings is 1. The van der Waals surface area contributed by atoms with Gasteiger partial charge in [-0.1, -0.05) is 41.7 Å². The summed E-state index contributed by atoms with van der Waals surface area (Å²) < 4.78 is 0. The van der Waals surface area contributed by atoms with Crippen LogP contribution in [0, 0.1) is 11.3 Å². The quantitative estimate of drug-likeness (QED) is 0.540. The molecule has 0 bridgehead atoms. The Kier molecular flexibility index (Phi) is 5.88. The molecule has 1 aromatic carbocycles. The molecule has 2 aromatic heterocycles. The molecular weight excluding hydrogens is 385 g/mol. The highest BCUT2D eigenvalue weighted by Gasteiger charge is 2.27. The van der Waals surface area contributed by atoms with Gasteiger partial charge in [-0.3, -0.25) is 4.90 Å². The second kappa shape index (κ2) is 8.72. The highest BCUT2D eigenvalue weighted by atomic mass is 32.1. The van der Waals surface area contributed by atoms with Gasteiger partial charge >= 0.3 is 7.12 Å². The van der Waals surface area contributed by atoms with Gasteiger partial charge in [-0.15, -0.1) is 0 Å². The Bertz CT molecular complexity index is 1020. The summed E-state index contributed by atoms with van der Waals surface area (Å²) in [5.74, 6) is 0.717. The lowest BCUT2D eigenvalue weighted by Gasteiger charge is -2.24. The van der Waals surface area contributed by atoms with E-state index in [1.165, 1.54) is 11.3 Å². The monoisotopic (exact) mass is 405 g/mol. The van der Waals surface area contributed by atoms with Crippen molar-refractivity contribution < 1.29 is 10.0 Å². The van der Waals surface area contributed by atoms with Gasteiger partial charge in [-0.2, -0.15) is 5.26 Å². The molecular formula is C20H20BN5O2S.